The summed E-state index contributed by atoms with van der Waals surface area (Å²) in [7, 11) is 0. The second-order valence-electron chi connectivity index (χ2n) is 8.48. The summed E-state index contributed by atoms with van der Waals surface area (Å²) in [6.07, 6.45) is 12.6. The molecule has 0 saturated heterocycles. The molecule has 2 heteroatoms. The van der Waals surface area contributed by atoms with Crippen LogP contribution >= 0.6 is 0 Å². The first kappa shape index (κ1) is 18.9. The molecule has 0 bridgehead atoms. The van der Waals surface area contributed by atoms with Gasteiger partial charge in [-0.3, -0.25) is 4.39 Å². The molecule has 140 valence electrons. The van der Waals surface area contributed by atoms with Crippen LogP contribution in [0.5, 0.6) is 0 Å². The highest BCUT2D eigenvalue weighted by atomic mass is 19.1. The second-order valence-corrected chi connectivity index (χ2v) is 8.48. The van der Waals surface area contributed by atoms with E-state index in [2.05, 4.69) is 13.0 Å². The van der Waals surface area contributed by atoms with Gasteiger partial charge in [-0.25, -0.2) is 4.39 Å². The van der Waals surface area contributed by atoms with Crippen LogP contribution in [0.2, 0.25) is 0 Å². The fourth-order valence-corrected chi connectivity index (χ4v) is 5.35. The van der Waals surface area contributed by atoms with Crippen LogP contribution in [0, 0.1) is 23.6 Å². The van der Waals surface area contributed by atoms with Crippen LogP contribution in [0.3, 0.4) is 0 Å². The molecule has 0 radical (unpaired) electrons. The third-order valence-corrected chi connectivity index (χ3v) is 6.89. The van der Waals surface area contributed by atoms with Crippen LogP contribution < -0.4 is 0 Å². The molecule has 2 aliphatic carbocycles. The first-order valence-electron chi connectivity index (χ1n) is 10.6. The van der Waals surface area contributed by atoms with Crippen LogP contribution in [0.15, 0.2) is 18.2 Å². The lowest BCUT2D eigenvalue weighted by Gasteiger charge is -2.38. The van der Waals surface area contributed by atoms with E-state index in [1.54, 1.807) is 6.07 Å². The Morgan fingerprint density at radius 3 is 2.12 bits per heavy atom. The van der Waals surface area contributed by atoms with Gasteiger partial charge in [-0.2, -0.15) is 0 Å². The standard InChI is InChI=1S/C23H34F2/c1-2-3-18-6-13-22(23(25)16-18)21-11-9-20(10-12-21)19-7-4-17(5-8-19)14-15-24/h6,13,16-17,19-21H,2-5,7-12,14-15H2,1H3. The number of aryl methyl sites for hydroxylation is 1. The van der Waals surface area contributed by atoms with Gasteiger partial charge in [0.05, 0.1) is 6.67 Å². The van der Waals surface area contributed by atoms with Crippen LogP contribution in [-0.4, -0.2) is 6.67 Å². The van der Waals surface area contributed by atoms with Crippen molar-refractivity contribution >= 4 is 0 Å². The van der Waals surface area contributed by atoms with Crippen molar-refractivity contribution < 1.29 is 8.78 Å². The Bertz CT molecular complexity index is 523. The molecule has 3 rings (SSSR count). The Hall–Kier alpha value is -0.920. The molecule has 2 fully saturated rings. The van der Waals surface area contributed by atoms with E-state index in [-0.39, 0.29) is 12.5 Å². The van der Waals surface area contributed by atoms with Crippen molar-refractivity contribution in [1.29, 1.82) is 0 Å². The van der Waals surface area contributed by atoms with Crippen LogP contribution in [-0.2, 0) is 6.42 Å². The zero-order chi connectivity index (χ0) is 17.6. The number of hydrogen-bond donors (Lipinski definition) is 0. The van der Waals surface area contributed by atoms with Gasteiger partial charge >= 0.3 is 0 Å². The van der Waals surface area contributed by atoms with Crippen molar-refractivity contribution in [3.63, 3.8) is 0 Å². The fourth-order valence-electron chi connectivity index (χ4n) is 5.35. The largest absolute Gasteiger partial charge is 0.251 e. The van der Waals surface area contributed by atoms with E-state index < -0.39 is 0 Å². The third kappa shape index (κ3) is 4.83. The molecule has 0 spiro atoms. The molecule has 0 aromatic heterocycles. The second kappa shape index (κ2) is 9.14. The average Bonchev–Trinajstić information content (AvgIpc) is 2.63. The summed E-state index contributed by atoms with van der Waals surface area (Å²) in [6, 6.07) is 5.94. The summed E-state index contributed by atoms with van der Waals surface area (Å²) in [5.41, 5.74) is 2.08. The van der Waals surface area contributed by atoms with Crippen molar-refractivity contribution in [2.75, 3.05) is 6.67 Å². The van der Waals surface area contributed by atoms with Gasteiger partial charge in [0.1, 0.15) is 5.82 Å². The summed E-state index contributed by atoms with van der Waals surface area (Å²) in [4.78, 5) is 0. The van der Waals surface area contributed by atoms with Gasteiger partial charge in [0.25, 0.3) is 0 Å². The maximum Gasteiger partial charge on any atom is 0.126 e. The summed E-state index contributed by atoms with van der Waals surface area (Å²) < 4.78 is 27.0. The van der Waals surface area contributed by atoms with Crippen LogP contribution in [0.1, 0.15) is 88.2 Å². The van der Waals surface area contributed by atoms with E-state index in [1.165, 1.54) is 38.5 Å². The number of rotatable bonds is 6. The van der Waals surface area contributed by atoms with E-state index in [0.29, 0.717) is 11.8 Å². The highest BCUT2D eigenvalue weighted by Gasteiger charge is 2.31. The Kier molecular flexibility index (Phi) is 6.90. The highest BCUT2D eigenvalue weighted by Crippen LogP contribution is 2.44. The molecular weight excluding hydrogens is 314 g/mol. The number of halogens is 2. The molecule has 0 unspecified atom stereocenters. The monoisotopic (exact) mass is 348 g/mol. The molecule has 2 saturated carbocycles. The molecule has 2 aliphatic rings. The van der Waals surface area contributed by atoms with Crippen molar-refractivity contribution in [3.8, 4) is 0 Å². The van der Waals surface area contributed by atoms with E-state index in [0.717, 1.165) is 55.1 Å². The predicted octanol–water partition coefficient (Wildman–Crippen LogP) is 7.22. The topological polar surface area (TPSA) is 0 Å². The van der Waals surface area contributed by atoms with Crippen molar-refractivity contribution in [2.24, 2.45) is 17.8 Å². The van der Waals surface area contributed by atoms with E-state index in [4.69, 9.17) is 0 Å². The quantitative estimate of drug-likeness (QED) is 0.509. The molecule has 0 nitrogen and oxygen atoms in total. The fraction of sp³-hybridized carbons (Fsp3) is 0.739. The Morgan fingerprint density at radius 1 is 0.920 bits per heavy atom. The third-order valence-electron chi connectivity index (χ3n) is 6.89. The minimum Gasteiger partial charge on any atom is -0.251 e. The van der Waals surface area contributed by atoms with E-state index in [1.807, 2.05) is 6.07 Å². The summed E-state index contributed by atoms with van der Waals surface area (Å²) in [6.45, 7) is 1.99. The van der Waals surface area contributed by atoms with E-state index >= 15 is 0 Å². The zero-order valence-electron chi connectivity index (χ0n) is 15.8. The maximum atomic E-state index is 14.5. The van der Waals surface area contributed by atoms with Crippen molar-refractivity contribution in [3.05, 3.63) is 35.1 Å². The van der Waals surface area contributed by atoms with Crippen molar-refractivity contribution in [1.82, 2.24) is 0 Å². The first-order chi connectivity index (χ1) is 12.2. The van der Waals surface area contributed by atoms with Gasteiger partial charge in [0.15, 0.2) is 0 Å². The predicted molar refractivity (Wildman–Crippen MR) is 101 cm³/mol. The molecule has 0 aliphatic heterocycles. The lowest BCUT2D eigenvalue weighted by atomic mass is 9.68. The lowest BCUT2D eigenvalue weighted by Crippen LogP contribution is -2.25. The summed E-state index contributed by atoms with van der Waals surface area (Å²) >= 11 is 0. The molecular formula is C23H34F2. The smallest absolute Gasteiger partial charge is 0.126 e. The van der Waals surface area contributed by atoms with Gasteiger partial charge in [-0.1, -0.05) is 38.3 Å². The van der Waals surface area contributed by atoms with Gasteiger partial charge in [-0.05, 0) is 92.2 Å². The minimum atomic E-state index is -0.150. The van der Waals surface area contributed by atoms with Gasteiger partial charge in [0.2, 0.25) is 0 Å². The summed E-state index contributed by atoms with van der Waals surface area (Å²) in [5.74, 6) is 2.72. The zero-order valence-corrected chi connectivity index (χ0v) is 15.8. The molecule has 0 atom stereocenters. The van der Waals surface area contributed by atoms with Gasteiger partial charge < -0.3 is 0 Å². The van der Waals surface area contributed by atoms with Gasteiger partial charge in [-0.15, -0.1) is 0 Å². The lowest BCUT2D eigenvalue weighted by molar-refractivity contribution is 0.152. The Labute approximate surface area is 152 Å². The Balaban J connectivity index is 1.50. The molecule has 0 amide bonds. The normalized spacial score (nSPS) is 30.4. The van der Waals surface area contributed by atoms with Gasteiger partial charge in [0, 0.05) is 0 Å². The number of alkyl halides is 1. The van der Waals surface area contributed by atoms with Crippen LogP contribution in [0.25, 0.3) is 0 Å². The Morgan fingerprint density at radius 2 is 1.56 bits per heavy atom. The van der Waals surface area contributed by atoms with Crippen molar-refractivity contribution in [2.45, 2.75) is 83.5 Å². The average molecular weight is 349 g/mol. The SMILES string of the molecule is CCCc1ccc(C2CCC(C3CCC(CCF)CC3)CC2)c(F)c1. The molecule has 25 heavy (non-hydrogen) atoms. The molecule has 0 N–H and O–H groups in total. The first-order valence-corrected chi connectivity index (χ1v) is 10.6. The van der Waals surface area contributed by atoms with E-state index in [9.17, 15) is 8.78 Å². The maximum absolute atomic E-state index is 14.5. The molecule has 1 aromatic carbocycles. The number of benzene rings is 1. The number of hydrogen-bond acceptors (Lipinski definition) is 0. The summed E-state index contributed by atoms with van der Waals surface area (Å²) in [5, 5.41) is 0. The van der Waals surface area contributed by atoms with Crippen LogP contribution in [0.4, 0.5) is 8.78 Å². The molecule has 0 heterocycles. The molecule has 1 aromatic rings. The minimum absolute atomic E-state index is 0.0149. The highest BCUT2D eigenvalue weighted by molar-refractivity contribution is 5.27.